The predicted octanol–water partition coefficient (Wildman–Crippen LogP) is 4.15. The van der Waals surface area contributed by atoms with Crippen molar-refractivity contribution in [3.63, 3.8) is 0 Å². The van der Waals surface area contributed by atoms with E-state index in [1.54, 1.807) is 0 Å². The molecule has 2 N–H and O–H groups in total. The molecule has 0 amide bonds. The zero-order valence-corrected chi connectivity index (χ0v) is 13.0. The van der Waals surface area contributed by atoms with Crippen LogP contribution in [0.25, 0.3) is 0 Å². The number of anilines is 1. The van der Waals surface area contributed by atoms with Crippen LogP contribution < -0.4 is 10.5 Å². The van der Waals surface area contributed by atoms with Gasteiger partial charge < -0.3 is 15.2 Å². The zero-order valence-electron chi connectivity index (χ0n) is 11.4. The van der Waals surface area contributed by atoms with Gasteiger partial charge in [0.25, 0.3) is 0 Å². The van der Waals surface area contributed by atoms with Crippen molar-refractivity contribution in [2.75, 3.05) is 12.3 Å². The quantitative estimate of drug-likeness (QED) is 0.806. The molecule has 2 aromatic carbocycles. The van der Waals surface area contributed by atoms with Gasteiger partial charge in [0, 0.05) is 15.7 Å². The molecule has 0 aromatic heterocycles. The van der Waals surface area contributed by atoms with Gasteiger partial charge in [-0.1, -0.05) is 28.1 Å². The van der Waals surface area contributed by atoms with E-state index in [0.29, 0.717) is 19.8 Å². The molecule has 0 aliphatic rings. The Kier molecular flexibility index (Phi) is 5.44. The molecule has 0 atom stereocenters. The summed E-state index contributed by atoms with van der Waals surface area (Å²) in [7, 11) is 0. The van der Waals surface area contributed by atoms with Gasteiger partial charge in [0.15, 0.2) is 0 Å². The van der Waals surface area contributed by atoms with Crippen LogP contribution in [0.2, 0.25) is 0 Å². The molecular weight excluding hydrogens is 318 g/mol. The summed E-state index contributed by atoms with van der Waals surface area (Å²) in [5.74, 6) is 0.831. The minimum absolute atomic E-state index is 0.483. The normalized spacial score (nSPS) is 10.5. The average molecular weight is 336 g/mol. The maximum atomic E-state index is 5.81. The minimum Gasteiger partial charge on any atom is -0.494 e. The molecule has 0 fully saturated rings. The van der Waals surface area contributed by atoms with Crippen LogP contribution in [-0.2, 0) is 18.0 Å². The lowest BCUT2D eigenvalue weighted by Crippen LogP contribution is -2.01. The fourth-order valence-electron chi connectivity index (χ4n) is 1.87. The van der Waals surface area contributed by atoms with Crippen molar-refractivity contribution in [1.82, 2.24) is 0 Å². The molecule has 2 aromatic rings. The fraction of sp³-hybridized carbons (Fsp3) is 0.250. The second-order valence-corrected chi connectivity index (χ2v) is 5.34. The van der Waals surface area contributed by atoms with E-state index in [9.17, 15) is 0 Å². The van der Waals surface area contributed by atoms with Crippen molar-refractivity contribution in [1.29, 1.82) is 0 Å². The van der Waals surface area contributed by atoms with Gasteiger partial charge in [-0.3, -0.25) is 0 Å². The van der Waals surface area contributed by atoms with Gasteiger partial charge in [-0.25, -0.2) is 0 Å². The second kappa shape index (κ2) is 7.31. The van der Waals surface area contributed by atoms with Crippen molar-refractivity contribution < 1.29 is 9.47 Å². The van der Waals surface area contributed by atoms with Crippen LogP contribution in [0.15, 0.2) is 46.9 Å². The third kappa shape index (κ3) is 4.25. The number of halogens is 1. The van der Waals surface area contributed by atoms with Crippen LogP contribution in [0, 0.1) is 0 Å². The molecule has 106 valence electrons. The topological polar surface area (TPSA) is 44.5 Å². The Morgan fingerprint density at radius 1 is 1.05 bits per heavy atom. The highest BCUT2D eigenvalue weighted by atomic mass is 79.9. The third-order valence-electron chi connectivity index (χ3n) is 2.82. The first-order valence-corrected chi connectivity index (χ1v) is 7.31. The molecule has 3 nitrogen and oxygen atoms in total. The summed E-state index contributed by atoms with van der Waals surface area (Å²) in [6, 6.07) is 13.7. The Bertz CT molecular complexity index is 555. The lowest BCUT2D eigenvalue weighted by atomic mass is 10.2. The summed E-state index contributed by atoms with van der Waals surface area (Å²) in [6.07, 6.45) is 0. The molecule has 20 heavy (non-hydrogen) atoms. The monoisotopic (exact) mass is 335 g/mol. The minimum atomic E-state index is 0.483. The van der Waals surface area contributed by atoms with Gasteiger partial charge in [-0.05, 0) is 42.8 Å². The third-order valence-corrected chi connectivity index (χ3v) is 3.35. The maximum Gasteiger partial charge on any atom is 0.124 e. The van der Waals surface area contributed by atoms with Crippen molar-refractivity contribution >= 4 is 21.6 Å². The van der Waals surface area contributed by atoms with E-state index in [-0.39, 0.29) is 0 Å². The number of nitrogen functional groups attached to an aromatic ring is 1. The Morgan fingerprint density at radius 3 is 2.50 bits per heavy atom. The molecule has 0 unspecified atom stereocenters. The van der Waals surface area contributed by atoms with E-state index < -0.39 is 0 Å². The van der Waals surface area contributed by atoms with Gasteiger partial charge in [-0.15, -0.1) is 0 Å². The van der Waals surface area contributed by atoms with E-state index in [2.05, 4.69) is 15.9 Å². The summed E-state index contributed by atoms with van der Waals surface area (Å²) in [4.78, 5) is 0. The Labute approximate surface area is 127 Å². The number of benzene rings is 2. The molecule has 2 rings (SSSR count). The summed E-state index contributed by atoms with van der Waals surface area (Å²) in [5.41, 5.74) is 8.64. The summed E-state index contributed by atoms with van der Waals surface area (Å²) < 4.78 is 12.4. The number of hydrogen-bond donors (Lipinski definition) is 1. The highest BCUT2D eigenvalue weighted by molar-refractivity contribution is 9.10. The summed E-state index contributed by atoms with van der Waals surface area (Å²) in [6.45, 7) is 3.64. The number of ether oxygens (including phenoxy) is 2. The van der Waals surface area contributed by atoms with Crippen LogP contribution in [0.4, 0.5) is 5.69 Å². The largest absolute Gasteiger partial charge is 0.494 e. The van der Waals surface area contributed by atoms with Crippen molar-refractivity contribution in [3.05, 3.63) is 58.1 Å². The number of nitrogens with two attached hydrogens (primary N) is 1. The van der Waals surface area contributed by atoms with Gasteiger partial charge >= 0.3 is 0 Å². The Hall–Kier alpha value is -1.52. The maximum absolute atomic E-state index is 5.81. The fourth-order valence-corrected chi connectivity index (χ4v) is 2.13. The van der Waals surface area contributed by atoms with Gasteiger partial charge in [0.05, 0.1) is 19.8 Å². The van der Waals surface area contributed by atoms with E-state index >= 15 is 0 Å². The molecule has 0 heterocycles. The second-order valence-electron chi connectivity index (χ2n) is 4.42. The standard InChI is InChI=1S/C16H18BrNO2/c1-2-20-16-8-7-15(18)9-13(16)11-19-10-12-3-5-14(17)6-4-12/h3-9H,2,10-11,18H2,1H3. The zero-order chi connectivity index (χ0) is 14.4. The molecule has 0 saturated heterocycles. The molecule has 0 radical (unpaired) electrons. The van der Waals surface area contributed by atoms with Crippen molar-refractivity contribution in [3.8, 4) is 5.75 Å². The van der Waals surface area contributed by atoms with Crippen molar-refractivity contribution in [2.24, 2.45) is 0 Å². The van der Waals surface area contributed by atoms with E-state index in [1.807, 2.05) is 49.4 Å². The Morgan fingerprint density at radius 2 is 1.80 bits per heavy atom. The molecule has 0 spiro atoms. The molecule has 0 saturated carbocycles. The predicted molar refractivity (Wildman–Crippen MR) is 84.7 cm³/mol. The first kappa shape index (κ1) is 14.9. The highest BCUT2D eigenvalue weighted by Crippen LogP contribution is 2.23. The molecular formula is C16H18BrNO2. The number of rotatable bonds is 6. The van der Waals surface area contributed by atoms with E-state index in [0.717, 1.165) is 27.0 Å². The smallest absolute Gasteiger partial charge is 0.124 e. The first-order chi connectivity index (χ1) is 9.69. The van der Waals surface area contributed by atoms with Crippen LogP contribution >= 0.6 is 15.9 Å². The SMILES string of the molecule is CCOc1ccc(N)cc1COCc1ccc(Br)cc1. The number of hydrogen-bond acceptors (Lipinski definition) is 3. The molecule has 0 aliphatic carbocycles. The van der Waals surface area contributed by atoms with Crippen LogP contribution in [0.3, 0.4) is 0 Å². The lowest BCUT2D eigenvalue weighted by molar-refractivity contribution is 0.105. The lowest BCUT2D eigenvalue weighted by Gasteiger charge is -2.11. The van der Waals surface area contributed by atoms with Crippen LogP contribution in [-0.4, -0.2) is 6.61 Å². The van der Waals surface area contributed by atoms with Crippen molar-refractivity contribution in [2.45, 2.75) is 20.1 Å². The summed E-state index contributed by atoms with van der Waals surface area (Å²) >= 11 is 3.41. The Balaban J connectivity index is 1.96. The first-order valence-electron chi connectivity index (χ1n) is 6.52. The molecule has 0 bridgehead atoms. The molecule has 0 aliphatic heterocycles. The van der Waals surface area contributed by atoms with Gasteiger partial charge in [-0.2, -0.15) is 0 Å². The average Bonchev–Trinajstić information content (AvgIpc) is 2.44. The van der Waals surface area contributed by atoms with Crippen LogP contribution in [0.5, 0.6) is 5.75 Å². The highest BCUT2D eigenvalue weighted by Gasteiger charge is 2.04. The summed E-state index contributed by atoms with van der Waals surface area (Å²) in [5, 5.41) is 0. The van der Waals surface area contributed by atoms with Gasteiger partial charge in [0.2, 0.25) is 0 Å². The van der Waals surface area contributed by atoms with E-state index in [4.69, 9.17) is 15.2 Å². The molecule has 4 heteroatoms. The van der Waals surface area contributed by atoms with Gasteiger partial charge in [0.1, 0.15) is 5.75 Å². The van der Waals surface area contributed by atoms with E-state index in [1.165, 1.54) is 0 Å². The van der Waals surface area contributed by atoms with Crippen LogP contribution in [0.1, 0.15) is 18.1 Å².